The highest BCUT2D eigenvalue weighted by Gasteiger charge is 2.05. The number of hydrogen-bond acceptors (Lipinski definition) is 2. The molecule has 0 aliphatic carbocycles. The Morgan fingerprint density at radius 3 is 2.53 bits per heavy atom. The number of nitrogens with zero attached hydrogens (tertiary/aromatic N) is 1. The second kappa shape index (κ2) is 6.72. The molecule has 0 saturated carbocycles. The van der Waals surface area contributed by atoms with Crippen molar-refractivity contribution < 1.29 is 0 Å². The first-order chi connectivity index (χ1) is 8.02. The SMILES string of the molecule is CCN(CCC(N)=S)Cc1ccc(C)c(C)c1. The lowest BCUT2D eigenvalue weighted by Crippen LogP contribution is -2.27. The molecule has 2 N–H and O–H groups in total. The van der Waals surface area contributed by atoms with Crippen molar-refractivity contribution in [3.8, 4) is 0 Å². The quantitative estimate of drug-likeness (QED) is 0.787. The van der Waals surface area contributed by atoms with Crippen LogP contribution in [-0.4, -0.2) is 23.0 Å². The Balaban J connectivity index is 2.60. The average Bonchev–Trinajstić information content (AvgIpc) is 2.28. The Labute approximate surface area is 110 Å². The monoisotopic (exact) mass is 250 g/mol. The molecule has 0 unspecified atom stereocenters. The summed E-state index contributed by atoms with van der Waals surface area (Å²) < 4.78 is 0. The van der Waals surface area contributed by atoms with Gasteiger partial charge in [-0.3, -0.25) is 4.90 Å². The Morgan fingerprint density at radius 2 is 2.00 bits per heavy atom. The number of thiocarbonyl (C=S) groups is 1. The predicted molar refractivity (Wildman–Crippen MR) is 78.3 cm³/mol. The molecular formula is C14H22N2S. The zero-order valence-electron chi connectivity index (χ0n) is 11.0. The zero-order valence-corrected chi connectivity index (χ0v) is 11.8. The molecule has 1 aromatic rings. The third kappa shape index (κ3) is 4.84. The summed E-state index contributed by atoms with van der Waals surface area (Å²) in [6.45, 7) is 9.41. The highest BCUT2D eigenvalue weighted by Crippen LogP contribution is 2.12. The Kier molecular flexibility index (Phi) is 5.59. The molecule has 2 nitrogen and oxygen atoms in total. The molecule has 0 amide bonds. The average molecular weight is 250 g/mol. The third-order valence-electron chi connectivity index (χ3n) is 3.10. The molecule has 0 atom stereocenters. The van der Waals surface area contributed by atoms with Crippen LogP contribution in [0.5, 0.6) is 0 Å². The Hall–Kier alpha value is -0.930. The second-order valence-electron chi connectivity index (χ2n) is 4.50. The molecule has 0 fully saturated rings. The molecule has 0 radical (unpaired) electrons. The van der Waals surface area contributed by atoms with Gasteiger partial charge in [0.15, 0.2) is 0 Å². The highest BCUT2D eigenvalue weighted by molar-refractivity contribution is 7.80. The first kappa shape index (κ1) is 14.1. The van der Waals surface area contributed by atoms with Crippen molar-refractivity contribution in [1.82, 2.24) is 4.90 Å². The number of rotatable bonds is 6. The number of hydrogen-bond donors (Lipinski definition) is 1. The highest BCUT2D eigenvalue weighted by atomic mass is 32.1. The topological polar surface area (TPSA) is 29.3 Å². The van der Waals surface area contributed by atoms with E-state index in [0.717, 1.165) is 26.1 Å². The number of nitrogens with two attached hydrogens (primary N) is 1. The van der Waals surface area contributed by atoms with E-state index in [1.807, 2.05) is 0 Å². The summed E-state index contributed by atoms with van der Waals surface area (Å²) in [4.78, 5) is 2.96. The Bertz CT molecular complexity index is 388. The lowest BCUT2D eigenvalue weighted by Gasteiger charge is -2.20. The fourth-order valence-electron chi connectivity index (χ4n) is 1.78. The van der Waals surface area contributed by atoms with Crippen molar-refractivity contribution in [1.29, 1.82) is 0 Å². The van der Waals surface area contributed by atoms with E-state index in [2.05, 4.69) is 43.9 Å². The molecule has 0 heterocycles. The van der Waals surface area contributed by atoms with Gasteiger partial charge in [0.1, 0.15) is 0 Å². The van der Waals surface area contributed by atoms with Gasteiger partial charge in [-0.15, -0.1) is 0 Å². The molecule has 0 aromatic heterocycles. The van der Waals surface area contributed by atoms with Gasteiger partial charge in [0, 0.05) is 19.5 Å². The summed E-state index contributed by atoms with van der Waals surface area (Å²) in [5, 5.41) is 0. The van der Waals surface area contributed by atoms with E-state index in [1.54, 1.807) is 0 Å². The van der Waals surface area contributed by atoms with E-state index in [1.165, 1.54) is 16.7 Å². The molecule has 0 saturated heterocycles. The van der Waals surface area contributed by atoms with Crippen molar-refractivity contribution in [2.24, 2.45) is 5.73 Å². The Morgan fingerprint density at radius 1 is 1.29 bits per heavy atom. The molecule has 0 bridgehead atoms. The van der Waals surface area contributed by atoms with Gasteiger partial charge in [-0.25, -0.2) is 0 Å². The fourth-order valence-corrected chi connectivity index (χ4v) is 1.87. The van der Waals surface area contributed by atoms with Gasteiger partial charge in [-0.1, -0.05) is 37.3 Å². The maximum absolute atomic E-state index is 5.54. The smallest absolute Gasteiger partial charge is 0.0740 e. The van der Waals surface area contributed by atoms with E-state index < -0.39 is 0 Å². The number of benzene rings is 1. The van der Waals surface area contributed by atoms with Crippen LogP contribution in [0.3, 0.4) is 0 Å². The van der Waals surface area contributed by atoms with Crippen LogP contribution in [0.4, 0.5) is 0 Å². The van der Waals surface area contributed by atoms with Crippen molar-refractivity contribution in [3.05, 3.63) is 34.9 Å². The van der Waals surface area contributed by atoms with Gasteiger partial charge < -0.3 is 5.73 Å². The minimum absolute atomic E-state index is 0.600. The first-order valence-corrected chi connectivity index (χ1v) is 6.50. The van der Waals surface area contributed by atoms with E-state index in [-0.39, 0.29) is 0 Å². The maximum atomic E-state index is 5.54. The molecule has 0 aliphatic rings. The summed E-state index contributed by atoms with van der Waals surface area (Å²) in [5.74, 6) is 0. The van der Waals surface area contributed by atoms with Crippen LogP contribution in [0.1, 0.15) is 30.0 Å². The predicted octanol–water partition coefficient (Wildman–Crippen LogP) is 2.80. The van der Waals surface area contributed by atoms with Crippen LogP contribution in [-0.2, 0) is 6.54 Å². The van der Waals surface area contributed by atoms with Crippen molar-refractivity contribution in [3.63, 3.8) is 0 Å². The zero-order chi connectivity index (χ0) is 12.8. The molecule has 17 heavy (non-hydrogen) atoms. The van der Waals surface area contributed by atoms with E-state index in [9.17, 15) is 0 Å². The second-order valence-corrected chi connectivity index (χ2v) is 5.03. The molecule has 3 heteroatoms. The van der Waals surface area contributed by atoms with Gasteiger partial charge in [0.05, 0.1) is 4.99 Å². The lowest BCUT2D eigenvalue weighted by atomic mass is 10.1. The normalized spacial score (nSPS) is 10.8. The van der Waals surface area contributed by atoms with Crippen molar-refractivity contribution in [2.45, 2.75) is 33.7 Å². The van der Waals surface area contributed by atoms with Crippen LogP contribution in [0.2, 0.25) is 0 Å². The molecular weight excluding hydrogens is 228 g/mol. The van der Waals surface area contributed by atoms with Crippen molar-refractivity contribution >= 4 is 17.2 Å². The summed E-state index contributed by atoms with van der Waals surface area (Å²) in [6, 6.07) is 6.65. The summed E-state index contributed by atoms with van der Waals surface area (Å²) in [6.07, 6.45) is 0.800. The van der Waals surface area contributed by atoms with E-state index in [0.29, 0.717) is 4.99 Å². The molecule has 0 aliphatic heterocycles. The summed E-state index contributed by atoms with van der Waals surface area (Å²) >= 11 is 4.92. The van der Waals surface area contributed by atoms with Crippen LogP contribution in [0, 0.1) is 13.8 Å². The van der Waals surface area contributed by atoms with E-state index in [4.69, 9.17) is 18.0 Å². The largest absolute Gasteiger partial charge is 0.393 e. The van der Waals surface area contributed by atoms with Crippen LogP contribution in [0.15, 0.2) is 18.2 Å². The molecule has 1 aromatic carbocycles. The van der Waals surface area contributed by atoms with Gasteiger partial charge in [0.25, 0.3) is 0 Å². The van der Waals surface area contributed by atoms with Crippen LogP contribution < -0.4 is 5.73 Å². The standard InChI is InChI=1S/C14H22N2S/c1-4-16(8-7-14(15)17)10-13-6-5-11(2)12(3)9-13/h5-6,9H,4,7-8,10H2,1-3H3,(H2,15,17). The minimum Gasteiger partial charge on any atom is -0.393 e. The van der Waals surface area contributed by atoms with Crippen LogP contribution in [0.25, 0.3) is 0 Å². The molecule has 94 valence electrons. The minimum atomic E-state index is 0.600. The van der Waals surface area contributed by atoms with Gasteiger partial charge >= 0.3 is 0 Å². The molecule has 0 spiro atoms. The van der Waals surface area contributed by atoms with Crippen molar-refractivity contribution in [2.75, 3.05) is 13.1 Å². The van der Waals surface area contributed by atoms with Crippen LogP contribution >= 0.6 is 12.2 Å². The number of aryl methyl sites for hydroxylation is 2. The summed E-state index contributed by atoms with van der Waals surface area (Å²) in [5.41, 5.74) is 9.60. The van der Waals surface area contributed by atoms with E-state index >= 15 is 0 Å². The van der Waals surface area contributed by atoms with Gasteiger partial charge in [0.2, 0.25) is 0 Å². The van der Waals surface area contributed by atoms with Gasteiger partial charge in [-0.05, 0) is 37.1 Å². The first-order valence-electron chi connectivity index (χ1n) is 6.09. The third-order valence-corrected chi connectivity index (χ3v) is 3.30. The molecule has 1 rings (SSSR count). The van der Waals surface area contributed by atoms with Gasteiger partial charge in [-0.2, -0.15) is 0 Å². The maximum Gasteiger partial charge on any atom is 0.0740 e. The lowest BCUT2D eigenvalue weighted by molar-refractivity contribution is 0.288. The summed E-state index contributed by atoms with van der Waals surface area (Å²) in [7, 11) is 0. The fraction of sp³-hybridized carbons (Fsp3) is 0.500.